The minimum absolute atomic E-state index is 0.561. The van der Waals surface area contributed by atoms with Gasteiger partial charge in [0.05, 0.1) is 22.4 Å². The molecule has 0 N–H and O–H groups in total. The van der Waals surface area contributed by atoms with Crippen molar-refractivity contribution in [3.8, 4) is 50.7 Å². The molecule has 2 aromatic heterocycles. The van der Waals surface area contributed by atoms with Crippen molar-refractivity contribution >= 4 is 39.1 Å². The highest BCUT2D eigenvalue weighted by Crippen LogP contribution is 2.52. The standard InChI is InChI=1S/C45H29N5/c1-4-16-30(17-5-1)43-46-44(31-18-6-2-7-19-31)48-45(47-43)50-40-27-15-12-24-35(40)33-22-10-11-23-34(33)37-28-41-38(29-42(37)50)36-25-13-14-26-39(36)49(41)32-20-8-3-9-21-32/h1-29H. The Labute approximate surface area is 289 Å². The lowest BCUT2D eigenvalue weighted by molar-refractivity contribution is 1.02. The lowest BCUT2D eigenvalue weighted by atomic mass is 9.94. The van der Waals surface area contributed by atoms with Gasteiger partial charge in [0.1, 0.15) is 0 Å². The normalized spacial score (nSPS) is 12.0. The maximum atomic E-state index is 5.25. The lowest BCUT2D eigenvalue weighted by Crippen LogP contribution is -2.16. The Kier molecular flexibility index (Phi) is 6.42. The molecule has 10 rings (SSSR count). The zero-order valence-corrected chi connectivity index (χ0v) is 27.0. The van der Waals surface area contributed by atoms with Crippen molar-refractivity contribution in [2.24, 2.45) is 0 Å². The quantitative estimate of drug-likeness (QED) is 0.192. The third kappa shape index (κ3) is 4.45. The second kappa shape index (κ2) is 11.4. The molecule has 50 heavy (non-hydrogen) atoms. The van der Waals surface area contributed by atoms with Crippen LogP contribution in [-0.4, -0.2) is 19.5 Å². The van der Waals surface area contributed by atoms with Crippen LogP contribution >= 0.6 is 0 Å². The van der Waals surface area contributed by atoms with Gasteiger partial charge in [-0.3, -0.25) is 4.90 Å². The van der Waals surface area contributed by atoms with Crippen molar-refractivity contribution in [2.75, 3.05) is 4.90 Å². The minimum atomic E-state index is 0.561. The summed E-state index contributed by atoms with van der Waals surface area (Å²) in [7, 11) is 0. The van der Waals surface area contributed by atoms with Gasteiger partial charge in [0.25, 0.3) is 0 Å². The predicted molar refractivity (Wildman–Crippen MR) is 204 cm³/mol. The molecule has 3 heterocycles. The SMILES string of the molecule is c1ccc(-c2nc(-c3ccccc3)nc(N3c4ccccc4-c4ccccc4-c4cc5c(cc43)c3ccccc3n5-c3ccccc3)n2)cc1. The summed E-state index contributed by atoms with van der Waals surface area (Å²) < 4.78 is 2.37. The fourth-order valence-corrected chi connectivity index (χ4v) is 7.35. The van der Waals surface area contributed by atoms with E-state index in [9.17, 15) is 0 Å². The molecule has 5 nitrogen and oxygen atoms in total. The highest BCUT2D eigenvalue weighted by molar-refractivity contribution is 6.14. The molecule has 0 amide bonds. The summed E-state index contributed by atoms with van der Waals surface area (Å²) >= 11 is 0. The van der Waals surface area contributed by atoms with Crippen molar-refractivity contribution in [2.45, 2.75) is 0 Å². The average Bonchev–Trinajstić information content (AvgIpc) is 3.46. The van der Waals surface area contributed by atoms with Crippen LogP contribution in [0, 0.1) is 0 Å². The highest BCUT2D eigenvalue weighted by atomic mass is 15.3. The monoisotopic (exact) mass is 639 g/mol. The smallest absolute Gasteiger partial charge is 0.238 e. The molecule has 0 saturated heterocycles. The number of hydrogen-bond acceptors (Lipinski definition) is 4. The van der Waals surface area contributed by atoms with Gasteiger partial charge in [-0.05, 0) is 47.5 Å². The van der Waals surface area contributed by atoms with Gasteiger partial charge in [0, 0.05) is 38.7 Å². The van der Waals surface area contributed by atoms with E-state index < -0.39 is 0 Å². The third-order valence-electron chi connectivity index (χ3n) is 9.59. The number of benzene rings is 7. The Hall–Kier alpha value is -6.85. The molecule has 0 spiro atoms. The summed E-state index contributed by atoms with van der Waals surface area (Å²) in [5.41, 5.74) is 11.8. The van der Waals surface area contributed by atoms with Gasteiger partial charge in [0.2, 0.25) is 5.95 Å². The minimum Gasteiger partial charge on any atom is -0.309 e. The van der Waals surface area contributed by atoms with Crippen LogP contribution in [0.3, 0.4) is 0 Å². The van der Waals surface area contributed by atoms with Crippen LogP contribution in [0.1, 0.15) is 0 Å². The molecule has 0 radical (unpaired) electrons. The molecule has 9 aromatic rings. The van der Waals surface area contributed by atoms with E-state index in [0.29, 0.717) is 17.6 Å². The molecule has 0 fully saturated rings. The Balaban J connectivity index is 1.34. The van der Waals surface area contributed by atoms with Crippen LogP contribution in [-0.2, 0) is 0 Å². The van der Waals surface area contributed by atoms with E-state index >= 15 is 0 Å². The summed E-state index contributed by atoms with van der Waals surface area (Å²) in [6.07, 6.45) is 0. The molecule has 0 bridgehead atoms. The summed E-state index contributed by atoms with van der Waals surface area (Å²) in [6.45, 7) is 0. The number of aromatic nitrogens is 4. The van der Waals surface area contributed by atoms with E-state index in [2.05, 4.69) is 149 Å². The summed E-state index contributed by atoms with van der Waals surface area (Å²) in [5.74, 6) is 1.80. The first-order chi connectivity index (χ1) is 24.8. The first-order valence-electron chi connectivity index (χ1n) is 16.8. The van der Waals surface area contributed by atoms with Crippen LogP contribution in [0.2, 0.25) is 0 Å². The zero-order chi connectivity index (χ0) is 33.0. The first-order valence-corrected chi connectivity index (χ1v) is 16.8. The lowest BCUT2D eigenvalue weighted by Gasteiger charge is -2.26. The van der Waals surface area contributed by atoms with Crippen LogP contribution in [0.15, 0.2) is 176 Å². The number of para-hydroxylation sites is 3. The Morgan fingerprint density at radius 2 is 0.900 bits per heavy atom. The van der Waals surface area contributed by atoms with Crippen LogP contribution < -0.4 is 4.90 Å². The van der Waals surface area contributed by atoms with Gasteiger partial charge < -0.3 is 4.57 Å². The molecule has 1 aliphatic heterocycles. The van der Waals surface area contributed by atoms with Gasteiger partial charge in [-0.15, -0.1) is 0 Å². The molecule has 7 aromatic carbocycles. The van der Waals surface area contributed by atoms with Crippen molar-refractivity contribution in [3.63, 3.8) is 0 Å². The molecule has 0 atom stereocenters. The molecule has 0 aliphatic carbocycles. The summed E-state index contributed by atoms with van der Waals surface area (Å²) in [4.78, 5) is 17.8. The largest absolute Gasteiger partial charge is 0.309 e. The van der Waals surface area contributed by atoms with E-state index in [4.69, 9.17) is 15.0 Å². The van der Waals surface area contributed by atoms with Crippen molar-refractivity contribution in [1.29, 1.82) is 0 Å². The number of rotatable bonds is 4. The summed E-state index contributed by atoms with van der Waals surface area (Å²) in [6, 6.07) is 61.5. The molecule has 234 valence electrons. The van der Waals surface area contributed by atoms with E-state index in [1.165, 1.54) is 5.39 Å². The Morgan fingerprint density at radius 3 is 1.58 bits per heavy atom. The van der Waals surface area contributed by atoms with Crippen LogP contribution in [0.5, 0.6) is 0 Å². The number of hydrogen-bond donors (Lipinski definition) is 0. The predicted octanol–water partition coefficient (Wildman–Crippen LogP) is 11.4. The van der Waals surface area contributed by atoms with Gasteiger partial charge in [-0.2, -0.15) is 9.97 Å². The Morgan fingerprint density at radius 1 is 0.360 bits per heavy atom. The molecule has 0 unspecified atom stereocenters. The highest BCUT2D eigenvalue weighted by Gasteiger charge is 2.30. The maximum Gasteiger partial charge on any atom is 0.238 e. The van der Waals surface area contributed by atoms with E-state index in [-0.39, 0.29) is 0 Å². The number of fused-ring (bicyclic) bond motifs is 8. The fraction of sp³-hybridized carbons (Fsp3) is 0. The van der Waals surface area contributed by atoms with Crippen molar-refractivity contribution in [3.05, 3.63) is 176 Å². The maximum absolute atomic E-state index is 5.25. The van der Waals surface area contributed by atoms with Gasteiger partial charge in [-0.25, -0.2) is 4.98 Å². The summed E-state index contributed by atoms with van der Waals surface area (Å²) in [5, 5.41) is 2.34. The van der Waals surface area contributed by atoms with Gasteiger partial charge >= 0.3 is 0 Å². The van der Waals surface area contributed by atoms with Gasteiger partial charge in [0.15, 0.2) is 11.6 Å². The molecule has 1 aliphatic rings. The number of anilines is 3. The van der Waals surface area contributed by atoms with Crippen LogP contribution in [0.4, 0.5) is 17.3 Å². The second-order valence-corrected chi connectivity index (χ2v) is 12.5. The average molecular weight is 640 g/mol. The zero-order valence-electron chi connectivity index (χ0n) is 27.0. The van der Waals surface area contributed by atoms with Gasteiger partial charge in [-0.1, -0.05) is 140 Å². The van der Waals surface area contributed by atoms with E-state index in [1.807, 2.05) is 36.4 Å². The molecular weight excluding hydrogens is 611 g/mol. The molecule has 5 heteroatoms. The Bertz CT molecular complexity index is 2640. The van der Waals surface area contributed by atoms with E-state index in [0.717, 1.165) is 66.9 Å². The van der Waals surface area contributed by atoms with E-state index in [1.54, 1.807) is 0 Å². The third-order valence-corrected chi connectivity index (χ3v) is 9.59. The number of nitrogens with zero attached hydrogens (tertiary/aromatic N) is 5. The topological polar surface area (TPSA) is 46.8 Å². The van der Waals surface area contributed by atoms with Crippen LogP contribution in [0.25, 0.3) is 72.5 Å². The fourth-order valence-electron chi connectivity index (χ4n) is 7.35. The molecular formula is C45H29N5. The first kappa shape index (κ1) is 28.2. The van der Waals surface area contributed by atoms with Crippen molar-refractivity contribution < 1.29 is 0 Å². The molecule has 0 saturated carbocycles. The second-order valence-electron chi connectivity index (χ2n) is 12.5. The van der Waals surface area contributed by atoms with Crippen molar-refractivity contribution in [1.82, 2.24) is 19.5 Å².